The third-order valence-corrected chi connectivity index (χ3v) is 3.21. The molecular formula is C13H9BrN2. The van der Waals surface area contributed by atoms with E-state index in [0.29, 0.717) is 0 Å². The van der Waals surface area contributed by atoms with Gasteiger partial charge in [-0.05, 0) is 18.2 Å². The lowest BCUT2D eigenvalue weighted by Crippen LogP contribution is -1.77. The minimum Gasteiger partial charge on any atom is -0.306 e. The fourth-order valence-electron chi connectivity index (χ4n) is 1.73. The molecule has 78 valence electrons. The van der Waals surface area contributed by atoms with Crippen LogP contribution >= 0.6 is 15.9 Å². The van der Waals surface area contributed by atoms with Crippen LogP contribution in [0.15, 0.2) is 59.3 Å². The molecule has 2 nitrogen and oxygen atoms in total. The van der Waals surface area contributed by atoms with E-state index < -0.39 is 0 Å². The van der Waals surface area contributed by atoms with Gasteiger partial charge < -0.3 is 4.40 Å². The number of benzene rings is 1. The highest BCUT2D eigenvalue weighted by Gasteiger charge is 2.06. The van der Waals surface area contributed by atoms with E-state index in [0.717, 1.165) is 21.4 Å². The number of hydrogen-bond donors (Lipinski definition) is 0. The highest BCUT2D eigenvalue weighted by Crippen LogP contribution is 2.27. The second-order valence-electron chi connectivity index (χ2n) is 3.57. The van der Waals surface area contributed by atoms with Crippen LogP contribution in [0.25, 0.3) is 16.9 Å². The quantitative estimate of drug-likeness (QED) is 0.659. The van der Waals surface area contributed by atoms with Crippen molar-refractivity contribution in [3.05, 3.63) is 59.3 Å². The molecule has 0 aliphatic rings. The third kappa shape index (κ3) is 1.53. The number of aromatic nitrogens is 2. The summed E-state index contributed by atoms with van der Waals surface area (Å²) >= 11 is 3.54. The molecule has 0 spiro atoms. The Morgan fingerprint density at radius 3 is 2.62 bits per heavy atom. The van der Waals surface area contributed by atoms with Crippen molar-refractivity contribution < 1.29 is 0 Å². The second-order valence-corrected chi connectivity index (χ2v) is 4.43. The Hall–Kier alpha value is -1.61. The van der Waals surface area contributed by atoms with E-state index >= 15 is 0 Å². The smallest absolute Gasteiger partial charge is 0.137 e. The molecule has 1 aromatic carbocycles. The van der Waals surface area contributed by atoms with Crippen LogP contribution in [0.5, 0.6) is 0 Å². The lowest BCUT2D eigenvalue weighted by Gasteiger charge is -1.98. The van der Waals surface area contributed by atoms with E-state index in [1.54, 1.807) is 0 Å². The average Bonchev–Trinajstić information content (AvgIpc) is 2.73. The third-order valence-electron chi connectivity index (χ3n) is 2.51. The second kappa shape index (κ2) is 3.76. The van der Waals surface area contributed by atoms with Crippen LogP contribution in [-0.2, 0) is 0 Å². The standard InChI is InChI=1S/C13H9BrN2/c14-11-6-2-1-5-10(11)12-9-16-8-4-3-7-13(16)15-12/h1-9H. The molecule has 2 heterocycles. The summed E-state index contributed by atoms with van der Waals surface area (Å²) in [4.78, 5) is 4.58. The van der Waals surface area contributed by atoms with Gasteiger partial charge in [0, 0.05) is 22.4 Å². The molecule has 0 fully saturated rings. The van der Waals surface area contributed by atoms with Gasteiger partial charge in [-0.3, -0.25) is 0 Å². The lowest BCUT2D eigenvalue weighted by molar-refractivity contribution is 1.19. The van der Waals surface area contributed by atoms with E-state index in [1.165, 1.54) is 0 Å². The number of imidazole rings is 1. The number of halogens is 1. The Bertz CT molecular complexity index is 610. The molecule has 0 N–H and O–H groups in total. The van der Waals surface area contributed by atoms with Crippen LogP contribution < -0.4 is 0 Å². The molecule has 0 atom stereocenters. The highest BCUT2D eigenvalue weighted by molar-refractivity contribution is 9.10. The van der Waals surface area contributed by atoms with Crippen molar-refractivity contribution in [2.75, 3.05) is 0 Å². The van der Waals surface area contributed by atoms with Crippen LogP contribution in [-0.4, -0.2) is 9.38 Å². The maximum Gasteiger partial charge on any atom is 0.137 e. The Morgan fingerprint density at radius 1 is 1.00 bits per heavy atom. The van der Waals surface area contributed by atoms with Crippen LogP contribution in [0.4, 0.5) is 0 Å². The van der Waals surface area contributed by atoms with Crippen LogP contribution in [0, 0.1) is 0 Å². The monoisotopic (exact) mass is 272 g/mol. The van der Waals surface area contributed by atoms with Crippen LogP contribution in [0.3, 0.4) is 0 Å². The zero-order valence-electron chi connectivity index (χ0n) is 8.47. The van der Waals surface area contributed by atoms with Gasteiger partial charge in [-0.1, -0.05) is 40.2 Å². The molecule has 2 aromatic heterocycles. The number of rotatable bonds is 1. The summed E-state index contributed by atoms with van der Waals surface area (Å²) < 4.78 is 3.09. The molecule has 0 aliphatic heterocycles. The van der Waals surface area contributed by atoms with Gasteiger partial charge in [-0.15, -0.1) is 0 Å². The van der Waals surface area contributed by atoms with Crippen LogP contribution in [0.2, 0.25) is 0 Å². The lowest BCUT2D eigenvalue weighted by atomic mass is 10.2. The van der Waals surface area contributed by atoms with Crippen molar-refractivity contribution in [2.24, 2.45) is 0 Å². The fourth-order valence-corrected chi connectivity index (χ4v) is 2.22. The maximum absolute atomic E-state index is 4.58. The van der Waals surface area contributed by atoms with Crippen molar-refractivity contribution in [3.63, 3.8) is 0 Å². The van der Waals surface area contributed by atoms with Gasteiger partial charge in [0.25, 0.3) is 0 Å². The number of pyridine rings is 1. The van der Waals surface area contributed by atoms with Crippen molar-refractivity contribution >= 4 is 21.6 Å². The van der Waals surface area contributed by atoms with E-state index in [4.69, 9.17) is 0 Å². The van der Waals surface area contributed by atoms with E-state index in [1.807, 2.05) is 53.2 Å². The zero-order chi connectivity index (χ0) is 11.0. The Kier molecular flexibility index (Phi) is 2.26. The van der Waals surface area contributed by atoms with Crippen molar-refractivity contribution in [2.45, 2.75) is 0 Å². The van der Waals surface area contributed by atoms with Gasteiger partial charge in [-0.25, -0.2) is 4.98 Å². The highest BCUT2D eigenvalue weighted by atomic mass is 79.9. The summed E-state index contributed by atoms with van der Waals surface area (Å²) in [6.07, 6.45) is 4.04. The molecule has 0 unspecified atom stereocenters. The van der Waals surface area contributed by atoms with E-state index in [9.17, 15) is 0 Å². The van der Waals surface area contributed by atoms with Crippen molar-refractivity contribution in [3.8, 4) is 11.3 Å². The molecule has 16 heavy (non-hydrogen) atoms. The first-order chi connectivity index (χ1) is 7.84. The topological polar surface area (TPSA) is 17.3 Å². The molecule has 0 saturated carbocycles. The summed E-state index contributed by atoms with van der Waals surface area (Å²) in [5.41, 5.74) is 3.07. The first kappa shape index (κ1) is 9.60. The first-order valence-corrected chi connectivity index (χ1v) is 5.82. The number of nitrogens with zero attached hydrogens (tertiary/aromatic N) is 2. The molecule has 0 radical (unpaired) electrons. The summed E-state index contributed by atoms with van der Waals surface area (Å²) in [7, 11) is 0. The number of hydrogen-bond acceptors (Lipinski definition) is 1. The van der Waals surface area contributed by atoms with Gasteiger partial charge in [0.2, 0.25) is 0 Å². The summed E-state index contributed by atoms with van der Waals surface area (Å²) in [6.45, 7) is 0. The van der Waals surface area contributed by atoms with Crippen molar-refractivity contribution in [1.82, 2.24) is 9.38 Å². The summed E-state index contributed by atoms with van der Waals surface area (Å²) in [5.74, 6) is 0. The Labute approximate surface area is 102 Å². The largest absolute Gasteiger partial charge is 0.306 e. The molecule has 3 aromatic rings. The maximum atomic E-state index is 4.58. The van der Waals surface area contributed by atoms with Crippen LogP contribution in [0.1, 0.15) is 0 Å². The van der Waals surface area contributed by atoms with E-state index in [2.05, 4.69) is 27.0 Å². The number of fused-ring (bicyclic) bond motifs is 1. The molecule has 0 bridgehead atoms. The molecular weight excluding hydrogens is 264 g/mol. The van der Waals surface area contributed by atoms with Gasteiger partial charge in [0.1, 0.15) is 5.65 Å². The van der Waals surface area contributed by atoms with Gasteiger partial charge in [0.05, 0.1) is 5.69 Å². The zero-order valence-corrected chi connectivity index (χ0v) is 10.1. The van der Waals surface area contributed by atoms with Gasteiger partial charge in [-0.2, -0.15) is 0 Å². The molecule has 3 heteroatoms. The average molecular weight is 273 g/mol. The normalized spacial score (nSPS) is 10.8. The van der Waals surface area contributed by atoms with Gasteiger partial charge >= 0.3 is 0 Å². The first-order valence-electron chi connectivity index (χ1n) is 5.03. The van der Waals surface area contributed by atoms with Crippen molar-refractivity contribution in [1.29, 1.82) is 0 Å². The van der Waals surface area contributed by atoms with Gasteiger partial charge in [0.15, 0.2) is 0 Å². The molecule has 3 rings (SSSR count). The predicted molar refractivity (Wildman–Crippen MR) is 68.3 cm³/mol. The minimum atomic E-state index is 0.966. The molecule has 0 amide bonds. The SMILES string of the molecule is Brc1ccccc1-c1cn2ccccc2n1. The Morgan fingerprint density at radius 2 is 1.81 bits per heavy atom. The summed E-state index contributed by atoms with van der Waals surface area (Å²) in [5, 5.41) is 0. The minimum absolute atomic E-state index is 0.966. The fraction of sp³-hybridized carbons (Fsp3) is 0. The predicted octanol–water partition coefficient (Wildman–Crippen LogP) is 3.76. The Balaban J connectivity index is 2.23. The molecule has 0 aliphatic carbocycles. The van der Waals surface area contributed by atoms with E-state index in [-0.39, 0.29) is 0 Å². The molecule has 0 saturated heterocycles. The summed E-state index contributed by atoms with van der Waals surface area (Å²) in [6, 6.07) is 14.1.